The van der Waals surface area contributed by atoms with Gasteiger partial charge in [0.15, 0.2) is 0 Å². The van der Waals surface area contributed by atoms with Crippen molar-refractivity contribution in [3.05, 3.63) is 11.6 Å². The molecule has 7 nitrogen and oxygen atoms in total. The number of carbonyl (C=O) groups excluding carboxylic acids is 2. The maximum absolute atomic E-state index is 11.9. The minimum Gasteiger partial charge on any atom is -0.443 e. The molecule has 1 N–H and O–H groups in total. The van der Waals surface area contributed by atoms with Crippen LogP contribution in [0.4, 0.5) is 4.79 Å². The molecule has 1 spiro atoms. The lowest BCUT2D eigenvalue weighted by molar-refractivity contribution is -0.120. The van der Waals surface area contributed by atoms with Crippen molar-refractivity contribution in [3.63, 3.8) is 0 Å². The Hall–Kier alpha value is -1.15. The van der Waals surface area contributed by atoms with E-state index in [4.69, 9.17) is 30.5 Å². The van der Waals surface area contributed by atoms with Gasteiger partial charge in [-0.25, -0.2) is 4.79 Å². The Morgan fingerprint density at radius 3 is 2.69 bits per heavy atom. The highest BCUT2D eigenvalue weighted by Gasteiger charge is 2.66. The number of ether oxygens (including phenoxy) is 4. The van der Waals surface area contributed by atoms with Gasteiger partial charge in [0.05, 0.1) is 24.4 Å². The zero-order chi connectivity index (χ0) is 18.9. The van der Waals surface area contributed by atoms with Crippen molar-refractivity contribution < 1.29 is 28.5 Å². The van der Waals surface area contributed by atoms with Crippen LogP contribution in [0.1, 0.15) is 33.1 Å². The van der Waals surface area contributed by atoms with Crippen LogP contribution in [-0.2, 0) is 23.7 Å². The number of epoxide rings is 2. The summed E-state index contributed by atoms with van der Waals surface area (Å²) in [6, 6.07) is 0. The maximum atomic E-state index is 11.9. The third kappa shape index (κ3) is 4.22. The number of rotatable bonds is 6. The van der Waals surface area contributed by atoms with Crippen LogP contribution in [0.15, 0.2) is 11.6 Å². The van der Waals surface area contributed by atoms with Crippen molar-refractivity contribution >= 4 is 23.6 Å². The highest BCUT2D eigenvalue weighted by Crippen LogP contribution is 2.54. The minimum absolute atomic E-state index is 0.00154. The zero-order valence-corrected chi connectivity index (χ0v) is 16.1. The molecule has 0 aromatic heterocycles. The lowest BCUT2D eigenvalue weighted by Crippen LogP contribution is -2.53. The van der Waals surface area contributed by atoms with Gasteiger partial charge in [-0.15, -0.1) is 11.6 Å². The van der Waals surface area contributed by atoms with Gasteiger partial charge >= 0.3 is 6.09 Å². The summed E-state index contributed by atoms with van der Waals surface area (Å²) in [6.07, 6.45) is 2.96. The highest BCUT2D eigenvalue weighted by atomic mass is 35.5. The second-order valence-corrected chi connectivity index (χ2v) is 7.67. The van der Waals surface area contributed by atoms with Gasteiger partial charge in [-0.1, -0.05) is 11.6 Å². The van der Waals surface area contributed by atoms with Crippen molar-refractivity contribution in [2.45, 2.75) is 63.1 Å². The number of allylic oxidation sites excluding steroid dienone is 1. The first kappa shape index (κ1) is 19.6. The molecule has 1 aliphatic carbocycles. The monoisotopic (exact) mass is 387 g/mol. The number of hydrogen-bond donors (Lipinski definition) is 1. The molecular formula is C18H26ClNO6. The van der Waals surface area contributed by atoms with Gasteiger partial charge in [0.1, 0.15) is 18.1 Å². The molecule has 0 bridgehead atoms. The molecule has 2 amide bonds. The minimum atomic E-state index is -0.799. The first-order chi connectivity index (χ1) is 12.4. The predicted octanol–water partition coefficient (Wildman–Crippen LogP) is 2.16. The van der Waals surface area contributed by atoms with Crippen LogP contribution in [0.5, 0.6) is 0 Å². The second kappa shape index (κ2) is 7.84. The number of imide groups is 1. The van der Waals surface area contributed by atoms with Gasteiger partial charge in [-0.05, 0) is 33.1 Å². The summed E-state index contributed by atoms with van der Waals surface area (Å²) >= 11 is 5.40. The Balaban J connectivity index is 1.66. The molecular weight excluding hydrogens is 362 g/mol. The standard InChI is InChI=1S/C18H26ClNO6/c1-10(2)4-5-11-16(25-11)14-15(23-3)12(6-7-18(14)9-24-18)26-17(22)20-13(21)8-19/h4,11-12,14-16H,5-9H2,1-3H3,(H,20,21,22). The van der Waals surface area contributed by atoms with E-state index >= 15 is 0 Å². The summed E-state index contributed by atoms with van der Waals surface area (Å²) in [4.78, 5) is 23.2. The lowest BCUT2D eigenvalue weighted by atomic mass is 9.73. The molecule has 3 aliphatic rings. The molecule has 0 aromatic carbocycles. The molecule has 0 aromatic rings. The van der Waals surface area contributed by atoms with Crippen LogP contribution >= 0.6 is 11.6 Å². The van der Waals surface area contributed by atoms with E-state index < -0.39 is 18.1 Å². The molecule has 3 rings (SSSR count). The van der Waals surface area contributed by atoms with Crippen molar-refractivity contribution in [2.24, 2.45) is 5.92 Å². The number of carbonyl (C=O) groups is 2. The van der Waals surface area contributed by atoms with Gasteiger partial charge in [0.2, 0.25) is 5.91 Å². The molecule has 6 unspecified atom stereocenters. The third-order valence-corrected chi connectivity index (χ3v) is 5.57. The topological polar surface area (TPSA) is 89.7 Å². The number of alkyl carbamates (subject to hydrolysis) is 1. The first-order valence-corrected chi connectivity index (χ1v) is 9.45. The van der Waals surface area contributed by atoms with Crippen LogP contribution in [0, 0.1) is 5.92 Å². The summed E-state index contributed by atoms with van der Waals surface area (Å²) in [6.45, 7) is 4.80. The molecule has 0 radical (unpaired) electrons. The lowest BCUT2D eigenvalue weighted by Gasteiger charge is -2.39. The summed E-state index contributed by atoms with van der Waals surface area (Å²) in [7, 11) is 1.60. The van der Waals surface area contributed by atoms with Gasteiger partial charge in [-0.3, -0.25) is 10.1 Å². The van der Waals surface area contributed by atoms with E-state index in [1.807, 2.05) is 0 Å². The van der Waals surface area contributed by atoms with Crippen LogP contribution in [0.25, 0.3) is 0 Å². The van der Waals surface area contributed by atoms with E-state index in [0.29, 0.717) is 13.0 Å². The van der Waals surface area contributed by atoms with E-state index in [-0.39, 0.29) is 35.7 Å². The Morgan fingerprint density at radius 1 is 1.38 bits per heavy atom. The fourth-order valence-corrected chi connectivity index (χ4v) is 3.98. The van der Waals surface area contributed by atoms with E-state index in [2.05, 4.69) is 25.2 Å². The summed E-state index contributed by atoms with van der Waals surface area (Å²) < 4.78 is 22.9. The number of methoxy groups -OCH3 is 1. The van der Waals surface area contributed by atoms with E-state index in [1.54, 1.807) is 7.11 Å². The molecule has 2 heterocycles. The smallest absolute Gasteiger partial charge is 0.414 e. The summed E-state index contributed by atoms with van der Waals surface area (Å²) in [5, 5.41) is 2.10. The number of amides is 2. The molecule has 8 heteroatoms. The second-order valence-electron chi connectivity index (χ2n) is 7.40. The van der Waals surface area contributed by atoms with Crippen LogP contribution in [0.3, 0.4) is 0 Å². The quantitative estimate of drug-likeness (QED) is 0.426. The Kier molecular flexibility index (Phi) is 5.91. The van der Waals surface area contributed by atoms with Gasteiger partial charge < -0.3 is 18.9 Å². The van der Waals surface area contributed by atoms with Crippen molar-refractivity contribution in [1.29, 1.82) is 0 Å². The highest BCUT2D eigenvalue weighted by molar-refractivity contribution is 6.28. The van der Waals surface area contributed by atoms with Crippen LogP contribution < -0.4 is 5.32 Å². The fourth-order valence-electron chi connectivity index (χ4n) is 3.92. The molecule has 1 saturated carbocycles. The molecule has 26 heavy (non-hydrogen) atoms. The number of alkyl halides is 1. The summed E-state index contributed by atoms with van der Waals surface area (Å²) in [5.74, 6) is -0.889. The van der Waals surface area contributed by atoms with E-state index in [1.165, 1.54) is 5.57 Å². The third-order valence-electron chi connectivity index (χ3n) is 5.32. The first-order valence-electron chi connectivity index (χ1n) is 8.92. The molecule has 2 aliphatic heterocycles. The van der Waals surface area contributed by atoms with Gasteiger partial charge in [0.25, 0.3) is 0 Å². The van der Waals surface area contributed by atoms with Crippen molar-refractivity contribution in [1.82, 2.24) is 5.32 Å². The number of halogens is 1. The van der Waals surface area contributed by atoms with Gasteiger partial charge in [-0.2, -0.15) is 0 Å². The Morgan fingerprint density at radius 2 is 2.12 bits per heavy atom. The predicted molar refractivity (Wildman–Crippen MR) is 94.0 cm³/mol. The molecule has 3 fully saturated rings. The maximum Gasteiger partial charge on any atom is 0.414 e. The molecule has 6 atom stereocenters. The number of hydrogen-bond acceptors (Lipinski definition) is 6. The van der Waals surface area contributed by atoms with E-state index in [0.717, 1.165) is 12.8 Å². The van der Waals surface area contributed by atoms with E-state index in [9.17, 15) is 9.59 Å². The Bertz CT molecular complexity index is 586. The Labute approximate surface area is 158 Å². The normalized spacial score (nSPS) is 37.8. The van der Waals surface area contributed by atoms with Crippen molar-refractivity contribution in [2.75, 3.05) is 19.6 Å². The molecule has 146 valence electrons. The van der Waals surface area contributed by atoms with Gasteiger partial charge in [0, 0.05) is 13.0 Å². The number of nitrogens with one attached hydrogen (secondary N) is 1. The zero-order valence-electron chi connectivity index (χ0n) is 15.3. The van der Waals surface area contributed by atoms with Crippen LogP contribution in [-0.4, -0.2) is 61.6 Å². The van der Waals surface area contributed by atoms with Crippen LogP contribution in [0.2, 0.25) is 0 Å². The SMILES string of the molecule is COC1C(OC(=O)NC(=O)CCl)CCC2(CO2)C1C1OC1CC=C(C)C. The largest absolute Gasteiger partial charge is 0.443 e. The summed E-state index contributed by atoms with van der Waals surface area (Å²) in [5.41, 5.74) is 1.01. The average molecular weight is 388 g/mol. The fraction of sp³-hybridized carbons (Fsp3) is 0.778. The molecule has 2 saturated heterocycles. The average Bonchev–Trinajstić information content (AvgIpc) is 3.51. The van der Waals surface area contributed by atoms with Crippen molar-refractivity contribution in [3.8, 4) is 0 Å².